The molecule has 0 aromatic heterocycles. The van der Waals surface area contributed by atoms with E-state index in [1.807, 2.05) is 49.4 Å². The average molecular weight is 242 g/mol. The first-order valence-corrected chi connectivity index (χ1v) is 6.25. The van der Waals surface area contributed by atoms with E-state index in [-0.39, 0.29) is 5.91 Å². The molecule has 0 aliphatic carbocycles. The van der Waals surface area contributed by atoms with E-state index >= 15 is 0 Å². The van der Waals surface area contributed by atoms with Gasteiger partial charge in [0, 0.05) is 25.2 Å². The zero-order chi connectivity index (χ0) is 13.0. The molecule has 0 fully saturated rings. The highest BCUT2D eigenvalue weighted by Gasteiger charge is 2.15. The van der Waals surface area contributed by atoms with Gasteiger partial charge in [-0.1, -0.05) is 36.4 Å². The minimum atomic E-state index is 0.0553. The van der Waals surface area contributed by atoms with Crippen molar-refractivity contribution in [2.24, 2.45) is 5.73 Å². The summed E-state index contributed by atoms with van der Waals surface area (Å²) < 4.78 is 0. The van der Waals surface area contributed by atoms with Gasteiger partial charge in [0.15, 0.2) is 0 Å². The first-order chi connectivity index (χ1) is 8.77. The number of nitrogens with zero attached hydrogens (tertiary/aromatic N) is 1. The minimum Gasteiger partial charge on any atom is -0.338 e. The number of likely N-dealkylation sites (N-methyl/N-ethyl adjacent to an activating group) is 1. The fourth-order valence-corrected chi connectivity index (χ4v) is 2.14. The lowest BCUT2D eigenvalue weighted by Gasteiger charge is -2.20. The van der Waals surface area contributed by atoms with Crippen LogP contribution in [0.3, 0.4) is 0 Å². The molecule has 0 atom stereocenters. The zero-order valence-electron chi connectivity index (χ0n) is 10.6. The minimum absolute atomic E-state index is 0.0553. The number of nitrogens with two attached hydrogens (primary N) is 1. The van der Waals surface area contributed by atoms with Gasteiger partial charge >= 0.3 is 0 Å². The Hall–Kier alpha value is -1.87. The van der Waals surface area contributed by atoms with Crippen LogP contribution in [0.4, 0.5) is 0 Å². The fraction of sp³-hybridized carbons (Fsp3) is 0.267. The molecule has 2 N–H and O–H groups in total. The predicted molar refractivity (Wildman–Crippen MR) is 74.6 cm³/mol. The molecule has 2 aromatic carbocycles. The second-order valence-corrected chi connectivity index (χ2v) is 4.20. The van der Waals surface area contributed by atoms with E-state index in [0.717, 1.165) is 16.3 Å². The highest BCUT2D eigenvalue weighted by atomic mass is 16.2. The van der Waals surface area contributed by atoms with E-state index < -0.39 is 0 Å². The van der Waals surface area contributed by atoms with Gasteiger partial charge in [-0.05, 0) is 23.8 Å². The summed E-state index contributed by atoms with van der Waals surface area (Å²) in [5.41, 5.74) is 6.29. The van der Waals surface area contributed by atoms with Gasteiger partial charge in [-0.15, -0.1) is 0 Å². The molecule has 0 aliphatic rings. The molecule has 0 unspecified atom stereocenters. The Morgan fingerprint density at radius 3 is 2.61 bits per heavy atom. The lowest BCUT2D eigenvalue weighted by molar-refractivity contribution is 0.0771. The molecule has 0 bridgehead atoms. The van der Waals surface area contributed by atoms with Crippen LogP contribution in [-0.4, -0.2) is 30.4 Å². The third-order valence-corrected chi connectivity index (χ3v) is 3.09. The van der Waals surface area contributed by atoms with Gasteiger partial charge in [-0.3, -0.25) is 4.79 Å². The van der Waals surface area contributed by atoms with Crippen LogP contribution in [0, 0.1) is 0 Å². The van der Waals surface area contributed by atoms with Crippen LogP contribution in [0.2, 0.25) is 0 Å². The van der Waals surface area contributed by atoms with Gasteiger partial charge in [-0.2, -0.15) is 0 Å². The maximum atomic E-state index is 12.5. The van der Waals surface area contributed by atoms with Crippen LogP contribution in [0.25, 0.3) is 10.8 Å². The largest absolute Gasteiger partial charge is 0.338 e. The van der Waals surface area contributed by atoms with Crippen molar-refractivity contribution in [3.8, 4) is 0 Å². The van der Waals surface area contributed by atoms with Crippen molar-refractivity contribution in [1.29, 1.82) is 0 Å². The van der Waals surface area contributed by atoms with Gasteiger partial charge in [0.1, 0.15) is 0 Å². The molecule has 0 saturated heterocycles. The van der Waals surface area contributed by atoms with Crippen LogP contribution in [0.1, 0.15) is 17.3 Å². The summed E-state index contributed by atoms with van der Waals surface area (Å²) in [6.45, 7) is 3.74. The Kier molecular flexibility index (Phi) is 3.95. The Morgan fingerprint density at radius 1 is 1.17 bits per heavy atom. The molecule has 1 amide bonds. The molecular formula is C15H18N2O. The second kappa shape index (κ2) is 5.65. The monoisotopic (exact) mass is 242 g/mol. The van der Waals surface area contributed by atoms with Crippen molar-refractivity contribution in [3.63, 3.8) is 0 Å². The molecule has 2 aromatic rings. The van der Waals surface area contributed by atoms with Crippen molar-refractivity contribution in [3.05, 3.63) is 48.0 Å². The lowest BCUT2D eigenvalue weighted by Crippen LogP contribution is -2.35. The molecule has 0 aliphatic heterocycles. The van der Waals surface area contributed by atoms with Gasteiger partial charge in [0.2, 0.25) is 0 Å². The highest BCUT2D eigenvalue weighted by Crippen LogP contribution is 2.19. The number of hydrogen-bond donors (Lipinski definition) is 1. The first kappa shape index (κ1) is 12.6. The molecule has 0 heterocycles. The summed E-state index contributed by atoms with van der Waals surface area (Å²) >= 11 is 0. The third kappa shape index (κ3) is 2.36. The maximum absolute atomic E-state index is 12.5. The Morgan fingerprint density at radius 2 is 1.89 bits per heavy atom. The Labute approximate surface area is 107 Å². The number of benzene rings is 2. The molecule has 94 valence electrons. The second-order valence-electron chi connectivity index (χ2n) is 4.20. The normalized spacial score (nSPS) is 10.6. The fourth-order valence-electron chi connectivity index (χ4n) is 2.14. The molecule has 3 nitrogen and oxygen atoms in total. The summed E-state index contributed by atoms with van der Waals surface area (Å²) in [6, 6.07) is 13.8. The number of hydrogen-bond acceptors (Lipinski definition) is 2. The number of amides is 1. The summed E-state index contributed by atoms with van der Waals surface area (Å²) in [7, 11) is 0. The van der Waals surface area contributed by atoms with Crippen LogP contribution >= 0.6 is 0 Å². The summed E-state index contributed by atoms with van der Waals surface area (Å²) in [5.74, 6) is 0.0553. The number of carbonyl (C=O) groups excluding carboxylic acids is 1. The van der Waals surface area contributed by atoms with E-state index in [4.69, 9.17) is 5.73 Å². The van der Waals surface area contributed by atoms with Crippen molar-refractivity contribution in [2.75, 3.05) is 19.6 Å². The molecule has 3 heteroatoms. The van der Waals surface area contributed by atoms with Gasteiger partial charge in [-0.25, -0.2) is 0 Å². The van der Waals surface area contributed by atoms with Gasteiger partial charge < -0.3 is 10.6 Å². The van der Waals surface area contributed by atoms with Crippen molar-refractivity contribution in [2.45, 2.75) is 6.92 Å². The van der Waals surface area contributed by atoms with Crippen LogP contribution in [0.5, 0.6) is 0 Å². The number of fused-ring (bicyclic) bond motifs is 1. The maximum Gasteiger partial charge on any atom is 0.254 e. The smallest absolute Gasteiger partial charge is 0.254 e. The number of carbonyl (C=O) groups is 1. The molecule has 18 heavy (non-hydrogen) atoms. The first-order valence-electron chi connectivity index (χ1n) is 6.25. The highest BCUT2D eigenvalue weighted by molar-refractivity contribution is 6.06. The van der Waals surface area contributed by atoms with Crippen LogP contribution in [-0.2, 0) is 0 Å². The van der Waals surface area contributed by atoms with Crippen molar-refractivity contribution >= 4 is 16.7 Å². The Balaban J connectivity index is 2.44. The van der Waals surface area contributed by atoms with E-state index in [2.05, 4.69) is 0 Å². The van der Waals surface area contributed by atoms with Crippen LogP contribution < -0.4 is 5.73 Å². The van der Waals surface area contributed by atoms with Crippen molar-refractivity contribution < 1.29 is 4.79 Å². The summed E-state index contributed by atoms with van der Waals surface area (Å²) in [4.78, 5) is 14.2. The van der Waals surface area contributed by atoms with E-state index in [0.29, 0.717) is 19.6 Å². The number of rotatable bonds is 4. The molecular weight excluding hydrogens is 224 g/mol. The molecule has 2 rings (SSSR count). The predicted octanol–water partition coefficient (Wildman–Crippen LogP) is 2.26. The Bertz CT molecular complexity index is 546. The quantitative estimate of drug-likeness (QED) is 0.894. The lowest BCUT2D eigenvalue weighted by atomic mass is 10.0. The third-order valence-electron chi connectivity index (χ3n) is 3.09. The topological polar surface area (TPSA) is 46.3 Å². The zero-order valence-corrected chi connectivity index (χ0v) is 10.6. The standard InChI is InChI=1S/C15H18N2O/c1-2-17(11-10-16)15(18)14-9-5-7-12-6-3-4-8-13(12)14/h3-9H,2,10-11,16H2,1H3. The van der Waals surface area contributed by atoms with E-state index in [9.17, 15) is 4.79 Å². The molecule has 0 spiro atoms. The van der Waals surface area contributed by atoms with Gasteiger partial charge in [0.25, 0.3) is 5.91 Å². The van der Waals surface area contributed by atoms with E-state index in [1.54, 1.807) is 4.90 Å². The average Bonchev–Trinajstić information content (AvgIpc) is 2.43. The van der Waals surface area contributed by atoms with Gasteiger partial charge in [0.05, 0.1) is 0 Å². The SMILES string of the molecule is CCN(CCN)C(=O)c1cccc2ccccc12. The van der Waals surface area contributed by atoms with Crippen LogP contribution in [0.15, 0.2) is 42.5 Å². The summed E-state index contributed by atoms with van der Waals surface area (Å²) in [5, 5.41) is 2.09. The molecule has 0 saturated carbocycles. The van der Waals surface area contributed by atoms with Crippen molar-refractivity contribution in [1.82, 2.24) is 4.90 Å². The van der Waals surface area contributed by atoms with E-state index in [1.165, 1.54) is 0 Å². The summed E-state index contributed by atoms with van der Waals surface area (Å²) in [6.07, 6.45) is 0. The molecule has 0 radical (unpaired) electrons.